The highest BCUT2D eigenvalue weighted by atomic mass is 16.5. The van der Waals surface area contributed by atoms with Crippen LogP contribution in [0.2, 0.25) is 0 Å². The summed E-state index contributed by atoms with van der Waals surface area (Å²) in [4.78, 5) is 17.3. The summed E-state index contributed by atoms with van der Waals surface area (Å²) in [5, 5.41) is 3.19. The molecule has 0 saturated carbocycles. The minimum Gasteiger partial charge on any atom is -0.489 e. The van der Waals surface area contributed by atoms with Crippen LogP contribution in [0, 0.1) is 11.3 Å². The van der Waals surface area contributed by atoms with Gasteiger partial charge in [-0.05, 0) is 68.7 Å². The van der Waals surface area contributed by atoms with Gasteiger partial charge in [0.15, 0.2) is 0 Å². The molecule has 1 N–H and O–H groups in total. The Morgan fingerprint density at radius 3 is 2.31 bits per heavy atom. The zero-order valence-corrected chi connectivity index (χ0v) is 20.1. The van der Waals surface area contributed by atoms with Gasteiger partial charge in [-0.15, -0.1) is 0 Å². The molecule has 5 heteroatoms. The molecule has 3 rings (SSSR count). The highest BCUT2D eigenvalue weighted by Crippen LogP contribution is 2.22. The van der Waals surface area contributed by atoms with Crippen molar-refractivity contribution >= 4 is 5.91 Å². The predicted molar refractivity (Wildman–Crippen MR) is 131 cm³/mol. The Labute approximate surface area is 193 Å². The van der Waals surface area contributed by atoms with Crippen molar-refractivity contribution in [3.05, 3.63) is 65.7 Å². The first-order valence-electron chi connectivity index (χ1n) is 11.7. The van der Waals surface area contributed by atoms with E-state index in [2.05, 4.69) is 67.3 Å². The Bertz CT molecular complexity index is 826. The van der Waals surface area contributed by atoms with E-state index in [9.17, 15) is 4.79 Å². The molecular formula is C27H39N3O2. The van der Waals surface area contributed by atoms with Gasteiger partial charge in [-0.2, -0.15) is 0 Å². The van der Waals surface area contributed by atoms with Gasteiger partial charge in [0, 0.05) is 25.6 Å². The third kappa shape index (κ3) is 7.95. The Morgan fingerprint density at radius 1 is 1.03 bits per heavy atom. The third-order valence-electron chi connectivity index (χ3n) is 6.02. The zero-order chi connectivity index (χ0) is 23.0. The number of hydrogen-bond donors (Lipinski definition) is 1. The highest BCUT2D eigenvalue weighted by molar-refractivity contribution is 5.78. The Hall–Kier alpha value is -2.37. The topological polar surface area (TPSA) is 44.8 Å². The van der Waals surface area contributed by atoms with E-state index in [0.717, 1.165) is 51.3 Å². The highest BCUT2D eigenvalue weighted by Gasteiger charge is 2.27. The lowest BCUT2D eigenvalue weighted by Crippen LogP contribution is -2.44. The van der Waals surface area contributed by atoms with Crippen molar-refractivity contribution in [3.63, 3.8) is 0 Å². The number of carbonyl (C=O) groups excluding carboxylic acids is 1. The van der Waals surface area contributed by atoms with Gasteiger partial charge in [0.2, 0.25) is 5.91 Å². The number of amides is 1. The molecule has 5 nitrogen and oxygen atoms in total. The van der Waals surface area contributed by atoms with Gasteiger partial charge in [0.25, 0.3) is 0 Å². The van der Waals surface area contributed by atoms with Crippen LogP contribution in [0.5, 0.6) is 5.75 Å². The van der Waals surface area contributed by atoms with Crippen molar-refractivity contribution in [2.24, 2.45) is 11.3 Å². The molecule has 1 aliphatic rings. The molecule has 1 fully saturated rings. The zero-order valence-electron chi connectivity index (χ0n) is 20.1. The molecule has 0 radical (unpaired) electrons. The van der Waals surface area contributed by atoms with Crippen molar-refractivity contribution < 1.29 is 9.53 Å². The average Bonchev–Trinajstić information content (AvgIpc) is 2.77. The number of nitrogens with one attached hydrogen (secondary N) is 1. The molecule has 1 aliphatic heterocycles. The molecule has 0 aliphatic carbocycles. The van der Waals surface area contributed by atoms with Crippen molar-refractivity contribution in [1.82, 2.24) is 15.1 Å². The van der Waals surface area contributed by atoms with E-state index in [-0.39, 0.29) is 17.2 Å². The number of hydrogen-bond acceptors (Lipinski definition) is 4. The van der Waals surface area contributed by atoms with Crippen molar-refractivity contribution in [1.29, 1.82) is 0 Å². The van der Waals surface area contributed by atoms with Gasteiger partial charge < -0.3 is 15.0 Å². The van der Waals surface area contributed by atoms with Crippen molar-refractivity contribution in [2.75, 3.05) is 40.3 Å². The normalized spacial score (nSPS) is 15.7. The van der Waals surface area contributed by atoms with Crippen LogP contribution in [-0.2, 0) is 17.9 Å². The van der Waals surface area contributed by atoms with Gasteiger partial charge in [-0.1, -0.05) is 56.3 Å². The Balaban J connectivity index is 1.38. The molecule has 0 spiro atoms. The number of carbonyl (C=O) groups is 1. The molecule has 32 heavy (non-hydrogen) atoms. The van der Waals surface area contributed by atoms with Gasteiger partial charge >= 0.3 is 0 Å². The Morgan fingerprint density at radius 2 is 1.69 bits per heavy atom. The minimum absolute atomic E-state index is 0.0802. The number of ether oxygens (including phenoxy) is 1. The number of likely N-dealkylation sites (tertiary alicyclic amines) is 1. The number of rotatable bonds is 10. The van der Waals surface area contributed by atoms with Gasteiger partial charge in [-0.25, -0.2) is 0 Å². The second-order valence-corrected chi connectivity index (χ2v) is 10.1. The maximum Gasteiger partial charge on any atom is 0.223 e. The van der Waals surface area contributed by atoms with Crippen LogP contribution >= 0.6 is 0 Å². The molecule has 1 amide bonds. The lowest BCUT2D eigenvalue weighted by molar-refractivity contribution is -0.127. The summed E-state index contributed by atoms with van der Waals surface area (Å²) in [6, 6.07) is 18.6. The summed E-state index contributed by atoms with van der Waals surface area (Å²) >= 11 is 0. The van der Waals surface area contributed by atoms with Crippen LogP contribution in [0.3, 0.4) is 0 Å². The minimum atomic E-state index is 0.0802. The third-order valence-corrected chi connectivity index (χ3v) is 6.02. The van der Waals surface area contributed by atoms with E-state index < -0.39 is 0 Å². The largest absolute Gasteiger partial charge is 0.489 e. The fourth-order valence-electron chi connectivity index (χ4n) is 4.43. The molecule has 2 aromatic rings. The van der Waals surface area contributed by atoms with Gasteiger partial charge in [0.1, 0.15) is 12.4 Å². The van der Waals surface area contributed by atoms with E-state index >= 15 is 0 Å². The number of benzene rings is 2. The molecule has 0 bridgehead atoms. The van der Waals surface area contributed by atoms with Crippen LogP contribution in [0.4, 0.5) is 0 Å². The fourth-order valence-corrected chi connectivity index (χ4v) is 4.43. The Kier molecular flexibility index (Phi) is 8.71. The summed E-state index contributed by atoms with van der Waals surface area (Å²) < 4.78 is 5.88. The van der Waals surface area contributed by atoms with E-state index in [1.54, 1.807) is 0 Å². The monoisotopic (exact) mass is 437 g/mol. The standard InChI is InChI=1S/C27H39N3O2/c1-27(2,21-29(3)4)20-28-26(31)24-14-16-30(17-15-24)18-22-10-12-25(13-11-22)32-19-23-8-6-5-7-9-23/h5-13,24H,14-21H2,1-4H3,(H,28,31). The maximum atomic E-state index is 12.6. The van der Waals surface area contributed by atoms with Gasteiger partial charge in [-0.3, -0.25) is 9.69 Å². The number of piperidine rings is 1. The van der Waals surface area contributed by atoms with E-state index in [1.165, 1.54) is 11.1 Å². The number of nitrogens with zero attached hydrogens (tertiary/aromatic N) is 2. The fraction of sp³-hybridized carbons (Fsp3) is 0.519. The van der Waals surface area contributed by atoms with Crippen LogP contribution in [-0.4, -0.2) is 56.0 Å². The predicted octanol–water partition coefficient (Wildman–Crippen LogP) is 4.18. The van der Waals surface area contributed by atoms with Crippen LogP contribution in [0.25, 0.3) is 0 Å². The molecular weight excluding hydrogens is 398 g/mol. The molecule has 0 unspecified atom stereocenters. The first kappa shape index (κ1) is 24.3. The van der Waals surface area contributed by atoms with E-state index in [1.807, 2.05) is 30.3 Å². The van der Waals surface area contributed by atoms with E-state index in [0.29, 0.717) is 6.61 Å². The SMILES string of the molecule is CN(C)CC(C)(C)CNC(=O)C1CCN(Cc2ccc(OCc3ccccc3)cc2)CC1. The lowest BCUT2D eigenvalue weighted by Gasteiger charge is -2.33. The van der Waals surface area contributed by atoms with Gasteiger partial charge in [0.05, 0.1) is 0 Å². The van der Waals surface area contributed by atoms with Crippen LogP contribution in [0.1, 0.15) is 37.8 Å². The first-order chi connectivity index (χ1) is 15.3. The first-order valence-corrected chi connectivity index (χ1v) is 11.7. The van der Waals surface area contributed by atoms with Crippen molar-refractivity contribution in [3.8, 4) is 5.75 Å². The molecule has 0 atom stereocenters. The lowest BCUT2D eigenvalue weighted by atomic mass is 9.91. The molecule has 1 heterocycles. The molecule has 174 valence electrons. The average molecular weight is 438 g/mol. The summed E-state index contributed by atoms with van der Waals surface area (Å²) in [6.45, 7) is 9.52. The maximum absolute atomic E-state index is 12.6. The molecule has 2 aromatic carbocycles. The van der Waals surface area contributed by atoms with E-state index in [4.69, 9.17) is 4.74 Å². The smallest absolute Gasteiger partial charge is 0.223 e. The summed E-state index contributed by atoms with van der Waals surface area (Å²) in [7, 11) is 4.15. The molecule has 1 saturated heterocycles. The summed E-state index contributed by atoms with van der Waals surface area (Å²) in [5.41, 5.74) is 2.53. The van der Waals surface area contributed by atoms with Crippen LogP contribution < -0.4 is 10.1 Å². The second-order valence-electron chi connectivity index (χ2n) is 10.1. The summed E-state index contributed by atoms with van der Waals surface area (Å²) in [6.07, 6.45) is 1.86. The van der Waals surface area contributed by atoms with Crippen LogP contribution in [0.15, 0.2) is 54.6 Å². The molecule has 0 aromatic heterocycles. The summed E-state index contributed by atoms with van der Waals surface area (Å²) in [5.74, 6) is 1.25. The van der Waals surface area contributed by atoms with Crippen molar-refractivity contribution in [2.45, 2.75) is 39.8 Å². The second kappa shape index (κ2) is 11.5. The quantitative estimate of drug-likeness (QED) is 0.606.